The van der Waals surface area contributed by atoms with E-state index in [0.717, 1.165) is 0 Å². The van der Waals surface area contributed by atoms with E-state index in [1.165, 1.54) is 11.6 Å². The fourth-order valence-corrected chi connectivity index (χ4v) is 0.826. The smallest absolute Gasteiger partial charge is 0.274 e. The zero-order valence-electron chi connectivity index (χ0n) is 5.67. The second-order valence-corrected chi connectivity index (χ2v) is 3.33. The molecule has 1 amide bonds. The third-order valence-electron chi connectivity index (χ3n) is 0.812. The minimum absolute atomic E-state index is 0.147. The average molecular weight is 187 g/mol. The molecule has 0 bridgehead atoms. The number of rotatable bonds is 3. The van der Waals surface area contributed by atoms with Gasteiger partial charge in [0.05, 0.1) is 0 Å². The normalized spacial score (nSPS) is 11.6. The SMILES string of the molecule is CCC(=O)NS(=O)(=O)C(F)F. The third kappa shape index (κ3) is 3.26. The predicted octanol–water partition coefficient (Wildman–Crippen LogP) is 0.0650. The zero-order valence-corrected chi connectivity index (χ0v) is 6.49. The van der Waals surface area contributed by atoms with E-state index in [1.807, 2.05) is 0 Å². The van der Waals surface area contributed by atoms with Gasteiger partial charge in [-0.15, -0.1) is 0 Å². The van der Waals surface area contributed by atoms with Crippen LogP contribution in [0.15, 0.2) is 0 Å². The van der Waals surface area contributed by atoms with Gasteiger partial charge in [0, 0.05) is 6.42 Å². The molecule has 0 saturated carbocycles. The molecule has 0 radical (unpaired) electrons. The van der Waals surface area contributed by atoms with Crippen LogP contribution in [-0.4, -0.2) is 20.1 Å². The molecule has 0 rings (SSSR count). The standard InChI is InChI=1S/C4H7F2NO3S/c1-2-3(8)7-11(9,10)4(5)6/h4H,2H2,1H3,(H,7,8). The van der Waals surface area contributed by atoms with Gasteiger partial charge in [-0.25, -0.2) is 13.1 Å². The summed E-state index contributed by atoms with van der Waals surface area (Å²) >= 11 is 0. The van der Waals surface area contributed by atoms with E-state index in [0.29, 0.717) is 0 Å². The van der Waals surface area contributed by atoms with Gasteiger partial charge in [0.15, 0.2) is 0 Å². The first kappa shape index (κ1) is 10.3. The molecule has 0 saturated heterocycles. The summed E-state index contributed by atoms with van der Waals surface area (Å²) < 4.78 is 44.6. The molecule has 0 aliphatic rings. The Morgan fingerprint density at radius 1 is 1.55 bits per heavy atom. The summed E-state index contributed by atoms with van der Waals surface area (Å²) in [4.78, 5) is 10.3. The average Bonchev–Trinajstić information content (AvgIpc) is 1.86. The van der Waals surface area contributed by atoms with Gasteiger partial charge in [-0.05, 0) is 0 Å². The lowest BCUT2D eigenvalue weighted by Crippen LogP contribution is -2.34. The molecule has 1 N–H and O–H groups in total. The Morgan fingerprint density at radius 3 is 2.27 bits per heavy atom. The van der Waals surface area contributed by atoms with Crippen molar-refractivity contribution in [1.29, 1.82) is 0 Å². The van der Waals surface area contributed by atoms with Crippen LogP contribution in [0.4, 0.5) is 8.78 Å². The van der Waals surface area contributed by atoms with Crippen LogP contribution in [0.25, 0.3) is 0 Å². The van der Waals surface area contributed by atoms with Crippen LogP contribution in [0.5, 0.6) is 0 Å². The van der Waals surface area contributed by atoms with E-state index in [4.69, 9.17) is 0 Å². The van der Waals surface area contributed by atoms with Crippen molar-refractivity contribution in [2.24, 2.45) is 0 Å². The van der Waals surface area contributed by atoms with Gasteiger partial charge >= 0.3 is 5.76 Å². The molecule has 11 heavy (non-hydrogen) atoms. The number of sulfonamides is 1. The van der Waals surface area contributed by atoms with Crippen LogP contribution in [-0.2, 0) is 14.8 Å². The first-order valence-electron chi connectivity index (χ1n) is 2.72. The molecule has 0 aromatic carbocycles. The van der Waals surface area contributed by atoms with Crippen molar-refractivity contribution in [1.82, 2.24) is 4.72 Å². The summed E-state index contributed by atoms with van der Waals surface area (Å²) in [6.07, 6.45) is -0.147. The molecule has 0 aromatic heterocycles. The molecule has 0 aliphatic carbocycles. The number of halogens is 2. The molecular formula is C4H7F2NO3S. The summed E-state index contributed by atoms with van der Waals surface area (Å²) in [6.45, 7) is 1.36. The molecule has 0 atom stereocenters. The highest BCUT2D eigenvalue weighted by molar-refractivity contribution is 7.90. The lowest BCUT2D eigenvalue weighted by Gasteiger charge is -2.02. The number of amides is 1. The monoisotopic (exact) mass is 187 g/mol. The lowest BCUT2D eigenvalue weighted by molar-refractivity contribution is -0.119. The van der Waals surface area contributed by atoms with Crippen LogP contribution in [0.3, 0.4) is 0 Å². The maximum Gasteiger partial charge on any atom is 0.355 e. The van der Waals surface area contributed by atoms with E-state index in [1.54, 1.807) is 0 Å². The Labute approximate surface area is 62.6 Å². The van der Waals surface area contributed by atoms with Gasteiger partial charge in [-0.3, -0.25) is 4.79 Å². The van der Waals surface area contributed by atoms with Crippen LogP contribution < -0.4 is 4.72 Å². The summed E-state index contributed by atoms with van der Waals surface area (Å²) in [7, 11) is -4.74. The molecule has 0 aromatic rings. The second kappa shape index (κ2) is 3.61. The Kier molecular flexibility index (Phi) is 3.37. The number of alkyl halides is 2. The number of carbonyl (C=O) groups is 1. The van der Waals surface area contributed by atoms with Crippen LogP contribution in [0.1, 0.15) is 13.3 Å². The highest BCUT2D eigenvalue weighted by atomic mass is 32.2. The highest BCUT2D eigenvalue weighted by Gasteiger charge is 2.25. The van der Waals surface area contributed by atoms with Crippen molar-refractivity contribution < 1.29 is 22.0 Å². The van der Waals surface area contributed by atoms with E-state index in [9.17, 15) is 22.0 Å². The van der Waals surface area contributed by atoms with Gasteiger partial charge < -0.3 is 0 Å². The van der Waals surface area contributed by atoms with Gasteiger partial charge in [0.2, 0.25) is 5.91 Å². The first-order valence-corrected chi connectivity index (χ1v) is 4.27. The van der Waals surface area contributed by atoms with E-state index in [2.05, 4.69) is 0 Å². The van der Waals surface area contributed by atoms with Crippen molar-refractivity contribution >= 4 is 15.9 Å². The maximum atomic E-state index is 11.5. The van der Waals surface area contributed by atoms with Gasteiger partial charge in [0.1, 0.15) is 0 Å². The van der Waals surface area contributed by atoms with Crippen molar-refractivity contribution in [2.45, 2.75) is 19.1 Å². The summed E-state index contributed by atoms with van der Waals surface area (Å²) in [6, 6.07) is 0. The molecule has 0 unspecified atom stereocenters. The van der Waals surface area contributed by atoms with Crippen molar-refractivity contribution in [3.05, 3.63) is 0 Å². The Hall–Kier alpha value is -0.720. The quantitative estimate of drug-likeness (QED) is 0.679. The number of hydrogen-bond acceptors (Lipinski definition) is 3. The zero-order chi connectivity index (χ0) is 9.07. The molecule has 66 valence electrons. The number of carbonyl (C=O) groups excluding carboxylic acids is 1. The van der Waals surface area contributed by atoms with Crippen LogP contribution in [0, 0.1) is 0 Å². The predicted molar refractivity (Wildman–Crippen MR) is 33.4 cm³/mol. The molecule has 4 nitrogen and oxygen atoms in total. The first-order chi connectivity index (χ1) is 4.90. The molecule has 0 aliphatic heterocycles. The van der Waals surface area contributed by atoms with E-state index < -0.39 is 21.7 Å². The number of hydrogen-bond donors (Lipinski definition) is 1. The summed E-state index contributed by atoms with van der Waals surface area (Å²) in [5.41, 5.74) is 0. The molecule has 0 fully saturated rings. The van der Waals surface area contributed by atoms with Crippen LogP contribution >= 0.6 is 0 Å². The fraction of sp³-hybridized carbons (Fsp3) is 0.750. The van der Waals surface area contributed by atoms with Crippen LogP contribution in [0.2, 0.25) is 0 Å². The maximum absolute atomic E-state index is 11.5. The summed E-state index contributed by atoms with van der Waals surface area (Å²) in [5.74, 6) is -4.50. The molecule has 0 heterocycles. The second-order valence-electron chi connectivity index (χ2n) is 1.68. The molecule has 0 spiro atoms. The van der Waals surface area contributed by atoms with Gasteiger partial charge in [-0.2, -0.15) is 8.78 Å². The minimum Gasteiger partial charge on any atom is -0.274 e. The minimum atomic E-state index is -4.74. The Balaban J connectivity index is 4.27. The van der Waals surface area contributed by atoms with Gasteiger partial charge in [0.25, 0.3) is 10.0 Å². The third-order valence-corrected chi connectivity index (χ3v) is 1.79. The fourth-order valence-electron chi connectivity index (χ4n) is 0.275. The Morgan fingerprint density at radius 2 is 2.00 bits per heavy atom. The van der Waals surface area contributed by atoms with E-state index in [-0.39, 0.29) is 6.42 Å². The summed E-state index contributed by atoms with van der Waals surface area (Å²) in [5, 5.41) is 0. The molecular weight excluding hydrogens is 180 g/mol. The van der Waals surface area contributed by atoms with Gasteiger partial charge in [-0.1, -0.05) is 6.92 Å². The Bertz CT molecular complexity index is 236. The topological polar surface area (TPSA) is 63.2 Å². The highest BCUT2D eigenvalue weighted by Crippen LogP contribution is 2.01. The van der Waals surface area contributed by atoms with Crippen molar-refractivity contribution in [2.75, 3.05) is 0 Å². The lowest BCUT2D eigenvalue weighted by atomic mass is 10.5. The number of nitrogens with one attached hydrogen (secondary N) is 1. The largest absolute Gasteiger partial charge is 0.355 e. The van der Waals surface area contributed by atoms with E-state index >= 15 is 0 Å². The van der Waals surface area contributed by atoms with Crippen molar-refractivity contribution in [3.8, 4) is 0 Å². The molecule has 7 heteroatoms. The van der Waals surface area contributed by atoms with Crippen molar-refractivity contribution in [3.63, 3.8) is 0 Å².